The minimum Gasteiger partial charge on any atom is -0.409 e. The quantitative estimate of drug-likeness (QED) is 0.328. The highest BCUT2D eigenvalue weighted by Gasteiger charge is 2.18. The molecule has 0 atom stereocenters. The van der Waals surface area contributed by atoms with E-state index in [4.69, 9.17) is 10.9 Å². The number of hydrogen-bond donors (Lipinski definition) is 3. The lowest BCUT2D eigenvalue weighted by Crippen LogP contribution is -2.42. The fourth-order valence-corrected chi connectivity index (χ4v) is 1.32. The van der Waals surface area contributed by atoms with Gasteiger partial charge in [-0.05, 0) is 32.4 Å². The standard InChI is InChI=1S/C13H19N3O2/c1-4-13(2,3)15-12(17)10-7-5-9(6-8-10)11(14)16-18/h5-8,18H,4H2,1-3H3,(H2,14,16)(H,15,17). The molecule has 0 heterocycles. The molecular weight excluding hydrogens is 230 g/mol. The van der Waals surface area contributed by atoms with E-state index in [1.54, 1.807) is 24.3 Å². The van der Waals surface area contributed by atoms with Crippen molar-refractivity contribution in [3.8, 4) is 0 Å². The van der Waals surface area contributed by atoms with Crippen LogP contribution in [0, 0.1) is 0 Å². The zero-order valence-corrected chi connectivity index (χ0v) is 10.9. The van der Waals surface area contributed by atoms with Crippen molar-refractivity contribution in [1.29, 1.82) is 0 Å². The molecule has 0 saturated carbocycles. The first kappa shape index (κ1) is 14.0. The number of oxime groups is 1. The van der Waals surface area contributed by atoms with Crippen LogP contribution in [0.3, 0.4) is 0 Å². The number of nitrogens with two attached hydrogens (primary N) is 1. The van der Waals surface area contributed by atoms with Crippen LogP contribution in [0.1, 0.15) is 43.1 Å². The number of carbonyl (C=O) groups excluding carboxylic acids is 1. The van der Waals surface area contributed by atoms with Crippen LogP contribution in [0.25, 0.3) is 0 Å². The van der Waals surface area contributed by atoms with Crippen molar-refractivity contribution in [2.45, 2.75) is 32.7 Å². The van der Waals surface area contributed by atoms with Crippen LogP contribution in [-0.2, 0) is 0 Å². The second kappa shape index (κ2) is 5.53. The highest BCUT2D eigenvalue weighted by Crippen LogP contribution is 2.10. The van der Waals surface area contributed by atoms with Gasteiger partial charge in [-0.15, -0.1) is 0 Å². The Morgan fingerprint density at radius 2 is 1.83 bits per heavy atom. The molecule has 0 aliphatic rings. The van der Waals surface area contributed by atoms with Gasteiger partial charge in [0.15, 0.2) is 5.84 Å². The Morgan fingerprint density at radius 1 is 1.33 bits per heavy atom. The van der Waals surface area contributed by atoms with Crippen molar-refractivity contribution in [2.24, 2.45) is 10.9 Å². The number of hydrogen-bond acceptors (Lipinski definition) is 3. The van der Waals surface area contributed by atoms with E-state index in [2.05, 4.69) is 10.5 Å². The number of benzene rings is 1. The highest BCUT2D eigenvalue weighted by molar-refractivity contribution is 5.99. The predicted octanol–water partition coefficient (Wildman–Crippen LogP) is 1.70. The molecule has 0 unspecified atom stereocenters. The Hall–Kier alpha value is -2.04. The van der Waals surface area contributed by atoms with E-state index in [0.717, 1.165) is 6.42 Å². The first-order valence-corrected chi connectivity index (χ1v) is 5.80. The third kappa shape index (κ3) is 3.48. The number of carbonyl (C=O) groups is 1. The molecule has 0 aliphatic carbocycles. The summed E-state index contributed by atoms with van der Waals surface area (Å²) < 4.78 is 0. The van der Waals surface area contributed by atoms with Gasteiger partial charge in [0.2, 0.25) is 0 Å². The molecule has 0 aromatic heterocycles. The van der Waals surface area contributed by atoms with Gasteiger partial charge < -0.3 is 16.3 Å². The van der Waals surface area contributed by atoms with Gasteiger partial charge in [0.1, 0.15) is 0 Å². The topological polar surface area (TPSA) is 87.7 Å². The zero-order chi connectivity index (χ0) is 13.8. The van der Waals surface area contributed by atoms with Gasteiger partial charge in [0.25, 0.3) is 5.91 Å². The molecule has 0 spiro atoms. The Kier molecular flexibility index (Phi) is 4.31. The molecule has 0 saturated heterocycles. The largest absolute Gasteiger partial charge is 0.409 e. The first-order valence-electron chi connectivity index (χ1n) is 5.80. The molecule has 1 amide bonds. The molecule has 0 aliphatic heterocycles. The Balaban J connectivity index is 2.83. The van der Waals surface area contributed by atoms with Gasteiger partial charge in [-0.25, -0.2) is 0 Å². The monoisotopic (exact) mass is 249 g/mol. The average Bonchev–Trinajstić information content (AvgIpc) is 2.37. The van der Waals surface area contributed by atoms with E-state index in [1.165, 1.54) is 0 Å². The van der Waals surface area contributed by atoms with Crippen LogP contribution in [0.5, 0.6) is 0 Å². The molecular formula is C13H19N3O2. The van der Waals surface area contributed by atoms with E-state index < -0.39 is 0 Å². The molecule has 0 radical (unpaired) electrons. The van der Waals surface area contributed by atoms with E-state index in [1.807, 2.05) is 20.8 Å². The summed E-state index contributed by atoms with van der Waals surface area (Å²) in [4.78, 5) is 11.9. The number of amidine groups is 1. The summed E-state index contributed by atoms with van der Waals surface area (Å²) in [5.41, 5.74) is 6.33. The molecule has 5 nitrogen and oxygen atoms in total. The van der Waals surface area contributed by atoms with E-state index in [-0.39, 0.29) is 17.3 Å². The second-order valence-corrected chi connectivity index (χ2v) is 4.75. The number of amides is 1. The molecule has 18 heavy (non-hydrogen) atoms. The van der Waals surface area contributed by atoms with E-state index in [9.17, 15) is 4.79 Å². The van der Waals surface area contributed by atoms with Crippen LogP contribution in [0.4, 0.5) is 0 Å². The fourth-order valence-electron chi connectivity index (χ4n) is 1.32. The lowest BCUT2D eigenvalue weighted by molar-refractivity contribution is 0.0911. The van der Waals surface area contributed by atoms with Crippen molar-refractivity contribution in [3.05, 3.63) is 35.4 Å². The Bertz CT molecular complexity index is 450. The third-order valence-electron chi connectivity index (χ3n) is 2.89. The summed E-state index contributed by atoms with van der Waals surface area (Å²) >= 11 is 0. The van der Waals surface area contributed by atoms with Crippen molar-refractivity contribution >= 4 is 11.7 Å². The van der Waals surface area contributed by atoms with Crippen LogP contribution in [0.15, 0.2) is 29.4 Å². The van der Waals surface area contributed by atoms with Gasteiger partial charge in [-0.1, -0.05) is 24.2 Å². The smallest absolute Gasteiger partial charge is 0.251 e. The van der Waals surface area contributed by atoms with E-state index in [0.29, 0.717) is 11.1 Å². The van der Waals surface area contributed by atoms with Gasteiger partial charge in [0, 0.05) is 16.7 Å². The molecule has 5 heteroatoms. The summed E-state index contributed by atoms with van der Waals surface area (Å²) in [6.07, 6.45) is 0.848. The maximum atomic E-state index is 11.9. The van der Waals surface area contributed by atoms with Crippen molar-refractivity contribution < 1.29 is 10.0 Å². The Labute approximate surface area is 107 Å². The summed E-state index contributed by atoms with van der Waals surface area (Å²) in [6, 6.07) is 6.58. The molecule has 1 rings (SSSR count). The van der Waals surface area contributed by atoms with Crippen LogP contribution in [-0.4, -0.2) is 22.5 Å². The summed E-state index contributed by atoms with van der Waals surface area (Å²) in [5, 5.41) is 14.4. The van der Waals surface area contributed by atoms with Crippen LogP contribution >= 0.6 is 0 Å². The number of rotatable bonds is 4. The first-order chi connectivity index (χ1) is 8.39. The van der Waals surface area contributed by atoms with E-state index >= 15 is 0 Å². The fraction of sp³-hybridized carbons (Fsp3) is 0.385. The maximum absolute atomic E-state index is 11.9. The van der Waals surface area contributed by atoms with Crippen LogP contribution in [0.2, 0.25) is 0 Å². The molecule has 1 aromatic rings. The van der Waals surface area contributed by atoms with Gasteiger partial charge >= 0.3 is 0 Å². The zero-order valence-electron chi connectivity index (χ0n) is 10.9. The molecule has 4 N–H and O–H groups in total. The lowest BCUT2D eigenvalue weighted by Gasteiger charge is -2.24. The minimum absolute atomic E-state index is 0.0239. The minimum atomic E-state index is -0.235. The van der Waals surface area contributed by atoms with Crippen molar-refractivity contribution in [2.75, 3.05) is 0 Å². The normalized spacial score (nSPS) is 12.3. The summed E-state index contributed by atoms with van der Waals surface area (Å²) in [5.74, 6) is -0.108. The van der Waals surface area contributed by atoms with Gasteiger partial charge in [-0.2, -0.15) is 0 Å². The summed E-state index contributed by atoms with van der Waals surface area (Å²) in [6.45, 7) is 5.95. The predicted molar refractivity (Wildman–Crippen MR) is 70.8 cm³/mol. The molecule has 0 bridgehead atoms. The lowest BCUT2D eigenvalue weighted by atomic mass is 10.0. The second-order valence-electron chi connectivity index (χ2n) is 4.75. The molecule has 0 fully saturated rings. The Morgan fingerprint density at radius 3 is 2.28 bits per heavy atom. The molecule has 98 valence electrons. The summed E-state index contributed by atoms with van der Waals surface area (Å²) in [7, 11) is 0. The van der Waals surface area contributed by atoms with Crippen molar-refractivity contribution in [1.82, 2.24) is 5.32 Å². The third-order valence-corrected chi connectivity index (χ3v) is 2.89. The van der Waals surface area contributed by atoms with Gasteiger partial charge in [0.05, 0.1) is 0 Å². The van der Waals surface area contributed by atoms with Gasteiger partial charge in [-0.3, -0.25) is 4.79 Å². The molecule has 1 aromatic carbocycles. The highest BCUT2D eigenvalue weighted by atomic mass is 16.4. The van der Waals surface area contributed by atoms with Crippen molar-refractivity contribution in [3.63, 3.8) is 0 Å². The van der Waals surface area contributed by atoms with Crippen LogP contribution < -0.4 is 11.1 Å². The number of nitrogens with one attached hydrogen (secondary N) is 1. The maximum Gasteiger partial charge on any atom is 0.251 e. The SMILES string of the molecule is CCC(C)(C)NC(=O)c1ccc(/C(N)=N/O)cc1. The number of nitrogens with zero attached hydrogens (tertiary/aromatic N) is 1. The average molecular weight is 249 g/mol.